The molecule has 0 spiro atoms. The molecule has 1 fully saturated rings. The highest BCUT2D eigenvalue weighted by Crippen LogP contribution is 2.38. The van der Waals surface area contributed by atoms with E-state index in [0.717, 1.165) is 43.7 Å². The minimum absolute atomic E-state index is 0.0516. The Hall–Kier alpha value is -3.44. The van der Waals surface area contributed by atoms with Crippen molar-refractivity contribution < 1.29 is 4.79 Å². The molecule has 182 valence electrons. The summed E-state index contributed by atoms with van der Waals surface area (Å²) in [5, 5.41) is 2.98. The number of nitrogens with two attached hydrogens (primary N) is 1. The van der Waals surface area contributed by atoms with E-state index in [-0.39, 0.29) is 5.91 Å². The molecule has 0 radical (unpaired) electrons. The average molecular weight is 469 g/mol. The molecule has 5 nitrogen and oxygen atoms in total. The molecule has 1 aliphatic heterocycles. The molecule has 35 heavy (non-hydrogen) atoms. The average Bonchev–Trinajstić information content (AvgIpc) is 2.90. The summed E-state index contributed by atoms with van der Waals surface area (Å²) in [6.07, 6.45) is 11.3. The summed E-state index contributed by atoms with van der Waals surface area (Å²) in [7, 11) is 0. The fourth-order valence-corrected chi connectivity index (χ4v) is 4.99. The smallest absolute Gasteiger partial charge is 0.243 e. The van der Waals surface area contributed by atoms with Gasteiger partial charge in [0.25, 0.3) is 0 Å². The Morgan fingerprint density at radius 2 is 1.74 bits per heavy atom. The molecule has 0 bridgehead atoms. The Morgan fingerprint density at radius 3 is 2.46 bits per heavy atom. The number of nitrogen functional groups attached to an aromatic ring is 1. The summed E-state index contributed by atoms with van der Waals surface area (Å²) in [5.41, 5.74) is 10.4. The van der Waals surface area contributed by atoms with Gasteiger partial charge in [-0.05, 0) is 92.2 Å². The number of hydrogen-bond acceptors (Lipinski definition) is 4. The second-order valence-corrected chi connectivity index (χ2v) is 9.35. The van der Waals surface area contributed by atoms with Gasteiger partial charge in [-0.3, -0.25) is 9.78 Å². The van der Waals surface area contributed by atoms with E-state index in [1.54, 1.807) is 24.5 Å². The van der Waals surface area contributed by atoms with E-state index in [1.165, 1.54) is 24.0 Å². The van der Waals surface area contributed by atoms with Gasteiger partial charge in [0, 0.05) is 36.6 Å². The van der Waals surface area contributed by atoms with Crippen LogP contribution in [0.4, 0.5) is 5.69 Å². The molecular weight excluding hydrogens is 432 g/mol. The van der Waals surface area contributed by atoms with E-state index < -0.39 is 0 Å². The van der Waals surface area contributed by atoms with Crippen molar-refractivity contribution >= 4 is 17.7 Å². The number of benzene rings is 2. The number of rotatable bonds is 10. The molecule has 2 aromatic carbocycles. The highest BCUT2D eigenvalue weighted by molar-refractivity contribution is 5.91. The molecule has 3 N–H and O–H groups in total. The van der Waals surface area contributed by atoms with Gasteiger partial charge in [-0.1, -0.05) is 48.5 Å². The molecule has 5 heteroatoms. The van der Waals surface area contributed by atoms with Crippen LogP contribution >= 0.6 is 0 Å². The second kappa shape index (κ2) is 12.9. The first-order valence-electron chi connectivity index (χ1n) is 12.7. The summed E-state index contributed by atoms with van der Waals surface area (Å²) < 4.78 is 0. The number of hydrogen-bond donors (Lipinski definition) is 2. The predicted octanol–water partition coefficient (Wildman–Crippen LogP) is 5.12. The van der Waals surface area contributed by atoms with Crippen LogP contribution in [0.5, 0.6) is 0 Å². The molecule has 1 aromatic heterocycles. The van der Waals surface area contributed by atoms with Gasteiger partial charge in [-0.2, -0.15) is 0 Å². The van der Waals surface area contributed by atoms with Gasteiger partial charge in [0.05, 0.1) is 0 Å². The number of nitrogens with zero attached hydrogens (tertiary/aromatic N) is 2. The quantitative estimate of drug-likeness (QED) is 0.246. The van der Waals surface area contributed by atoms with Crippen LogP contribution < -0.4 is 11.1 Å². The summed E-state index contributed by atoms with van der Waals surface area (Å²) in [5.74, 6) is 0.987. The topological polar surface area (TPSA) is 71.2 Å². The Bertz CT molecular complexity index is 1060. The van der Waals surface area contributed by atoms with Crippen molar-refractivity contribution in [3.05, 3.63) is 102 Å². The first-order valence-corrected chi connectivity index (χ1v) is 12.7. The summed E-state index contributed by atoms with van der Waals surface area (Å²) >= 11 is 0. The van der Waals surface area contributed by atoms with Crippen molar-refractivity contribution in [3.63, 3.8) is 0 Å². The summed E-state index contributed by atoms with van der Waals surface area (Å²) in [6.45, 7) is 4.05. The number of likely N-dealkylation sites (tertiary alicyclic amines) is 1. The van der Waals surface area contributed by atoms with E-state index in [1.807, 2.05) is 24.3 Å². The number of anilines is 1. The Labute approximate surface area is 209 Å². The lowest BCUT2D eigenvalue weighted by molar-refractivity contribution is -0.116. The lowest BCUT2D eigenvalue weighted by atomic mass is 9.76. The van der Waals surface area contributed by atoms with Crippen molar-refractivity contribution in [2.24, 2.45) is 5.92 Å². The van der Waals surface area contributed by atoms with Crippen LogP contribution in [0.2, 0.25) is 0 Å². The van der Waals surface area contributed by atoms with Gasteiger partial charge >= 0.3 is 0 Å². The standard InChI is InChI=1S/C30H36N4O/c31-28-13-11-26(12-14-28)30(25-8-2-1-3-9-25)27-16-21-34(22-17-27)20-5-4-19-33-29(35)15-10-24-7-6-18-32-23-24/h1-3,6-15,18,23,27,30H,4-5,16-17,19-22,31H2,(H,33,35)/b15-10-. The molecule has 1 aliphatic rings. The fraction of sp³-hybridized carbons (Fsp3) is 0.333. The van der Waals surface area contributed by atoms with E-state index >= 15 is 0 Å². The third kappa shape index (κ3) is 7.52. The van der Waals surface area contributed by atoms with Crippen LogP contribution in [-0.2, 0) is 4.79 Å². The number of pyridine rings is 1. The monoisotopic (exact) mass is 468 g/mol. The van der Waals surface area contributed by atoms with Crippen molar-refractivity contribution in [1.82, 2.24) is 15.2 Å². The van der Waals surface area contributed by atoms with Crippen molar-refractivity contribution in [3.8, 4) is 0 Å². The molecule has 0 aliphatic carbocycles. The number of amides is 1. The van der Waals surface area contributed by atoms with E-state index in [9.17, 15) is 4.79 Å². The number of unbranched alkanes of at least 4 members (excludes halogenated alkanes) is 1. The lowest BCUT2D eigenvalue weighted by Gasteiger charge is -2.36. The second-order valence-electron chi connectivity index (χ2n) is 9.35. The van der Waals surface area contributed by atoms with Crippen LogP contribution in [0.25, 0.3) is 6.08 Å². The van der Waals surface area contributed by atoms with Gasteiger partial charge in [-0.25, -0.2) is 0 Å². The Balaban J connectivity index is 1.20. The van der Waals surface area contributed by atoms with Gasteiger partial charge in [0.15, 0.2) is 0 Å². The van der Waals surface area contributed by atoms with Gasteiger partial charge in [0.1, 0.15) is 0 Å². The molecule has 1 atom stereocenters. The van der Waals surface area contributed by atoms with Gasteiger partial charge in [-0.15, -0.1) is 0 Å². The lowest BCUT2D eigenvalue weighted by Crippen LogP contribution is -2.36. The van der Waals surface area contributed by atoms with Crippen molar-refractivity contribution in [2.45, 2.75) is 31.6 Å². The first-order chi connectivity index (χ1) is 17.2. The van der Waals surface area contributed by atoms with Crippen molar-refractivity contribution in [1.29, 1.82) is 0 Å². The van der Waals surface area contributed by atoms with Crippen LogP contribution in [-0.4, -0.2) is 42.0 Å². The maximum Gasteiger partial charge on any atom is 0.243 e. The largest absolute Gasteiger partial charge is 0.399 e. The zero-order valence-electron chi connectivity index (χ0n) is 20.4. The molecule has 1 amide bonds. The molecule has 1 unspecified atom stereocenters. The fourth-order valence-electron chi connectivity index (χ4n) is 4.99. The number of carbonyl (C=O) groups excluding carboxylic acids is 1. The Kier molecular flexibility index (Phi) is 9.07. The minimum Gasteiger partial charge on any atom is -0.399 e. The maximum absolute atomic E-state index is 12.0. The highest BCUT2D eigenvalue weighted by Gasteiger charge is 2.28. The zero-order chi connectivity index (χ0) is 24.3. The number of nitrogens with one attached hydrogen (secondary N) is 1. The molecule has 4 rings (SSSR count). The number of carbonyl (C=O) groups is 1. The summed E-state index contributed by atoms with van der Waals surface area (Å²) in [4.78, 5) is 18.6. The predicted molar refractivity (Wildman–Crippen MR) is 144 cm³/mol. The van der Waals surface area contributed by atoms with E-state index in [4.69, 9.17) is 5.73 Å². The molecule has 3 aromatic rings. The minimum atomic E-state index is -0.0516. The SMILES string of the molecule is Nc1ccc(C(c2ccccc2)C2CCN(CCCCNC(=O)/C=C\c3cccnc3)CC2)cc1. The Morgan fingerprint density at radius 1 is 1.00 bits per heavy atom. The van der Waals surface area contributed by atoms with Gasteiger partial charge in [0.2, 0.25) is 5.91 Å². The highest BCUT2D eigenvalue weighted by atomic mass is 16.1. The molecule has 2 heterocycles. The first kappa shape index (κ1) is 24.7. The maximum atomic E-state index is 12.0. The van der Waals surface area contributed by atoms with Crippen LogP contribution in [0.3, 0.4) is 0 Å². The number of aromatic nitrogens is 1. The zero-order valence-corrected chi connectivity index (χ0v) is 20.4. The van der Waals surface area contributed by atoms with E-state index in [0.29, 0.717) is 18.4 Å². The summed E-state index contributed by atoms with van der Waals surface area (Å²) in [6, 6.07) is 23.1. The molecular formula is C30H36N4O. The van der Waals surface area contributed by atoms with Crippen LogP contribution in [0.1, 0.15) is 48.3 Å². The molecule has 0 saturated carbocycles. The van der Waals surface area contributed by atoms with Crippen molar-refractivity contribution in [2.75, 3.05) is 31.9 Å². The van der Waals surface area contributed by atoms with E-state index in [2.05, 4.69) is 57.7 Å². The van der Waals surface area contributed by atoms with Crippen LogP contribution in [0, 0.1) is 5.92 Å². The molecule has 1 saturated heterocycles. The van der Waals surface area contributed by atoms with Gasteiger partial charge < -0.3 is 16.0 Å². The number of piperidine rings is 1. The van der Waals surface area contributed by atoms with Crippen LogP contribution in [0.15, 0.2) is 85.2 Å². The normalized spacial score (nSPS) is 15.8. The third-order valence-electron chi connectivity index (χ3n) is 6.87. The third-order valence-corrected chi connectivity index (χ3v) is 6.87.